The predicted octanol–water partition coefficient (Wildman–Crippen LogP) is 2.35. The third-order valence-electron chi connectivity index (χ3n) is 2.79. The van der Waals surface area contributed by atoms with Gasteiger partial charge in [-0.3, -0.25) is 4.90 Å². The number of nitrogens with one attached hydrogen (secondary N) is 1. The van der Waals surface area contributed by atoms with Crippen molar-refractivity contribution in [2.75, 3.05) is 19.6 Å². The van der Waals surface area contributed by atoms with Gasteiger partial charge in [0.05, 0.1) is 0 Å². The molecule has 0 rings (SSSR count). The van der Waals surface area contributed by atoms with Crippen molar-refractivity contribution in [3.05, 3.63) is 0 Å². The molecule has 0 aromatic carbocycles. The summed E-state index contributed by atoms with van der Waals surface area (Å²) in [6.07, 6.45) is 0. The molecule has 1 unspecified atom stereocenters. The second kappa shape index (κ2) is 7.24. The second-order valence-electron chi connectivity index (χ2n) is 4.60. The summed E-state index contributed by atoms with van der Waals surface area (Å²) < 4.78 is 0. The molecule has 2 heteroatoms. The Bertz CT molecular complexity index is 128. The summed E-state index contributed by atoms with van der Waals surface area (Å²) in [5.74, 6) is 0.723. The Morgan fingerprint density at radius 3 is 1.79 bits per heavy atom. The lowest BCUT2D eigenvalue weighted by atomic mass is 10.0. The maximum Gasteiger partial charge on any atom is 0.0243 e. The number of rotatable bonds is 7. The van der Waals surface area contributed by atoms with Crippen LogP contribution < -0.4 is 5.32 Å². The van der Waals surface area contributed by atoms with E-state index in [1.807, 2.05) is 0 Å². The van der Waals surface area contributed by atoms with Gasteiger partial charge in [0.15, 0.2) is 0 Å². The van der Waals surface area contributed by atoms with E-state index in [-0.39, 0.29) is 0 Å². The number of hydrogen-bond acceptors (Lipinski definition) is 2. The van der Waals surface area contributed by atoms with Gasteiger partial charge < -0.3 is 5.32 Å². The first kappa shape index (κ1) is 13.9. The summed E-state index contributed by atoms with van der Waals surface area (Å²) >= 11 is 0. The van der Waals surface area contributed by atoms with Gasteiger partial charge in [-0.1, -0.05) is 41.5 Å². The third kappa shape index (κ3) is 4.97. The lowest BCUT2D eigenvalue weighted by molar-refractivity contribution is 0.164. The SMILES string of the molecule is CCN(CC)C(CNC(C)C)C(C)C. The van der Waals surface area contributed by atoms with E-state index in [2.05, 4.69) is 51.8 Å². The van der Waals surface area contributed by atoms with Gasteiger partial charge in [0.2, 0.25) is 0 Å². The summed E-state index contributed by atoms with van der Waals surface area (Å²) in [5, 5.41) is 3.53. The fraction of sp³-hybridized carbons (Fsp3) is 1.00. The van der Waals surface area contributed by atoms with Gasteiger partial charge in [0.1, 0.15) is 0 Å². The Balaban J connectivity index is 4.13. The van der Waals surface area contributed by atoms with E-state index in [1.165, 1.54) is 0 Å². The summed E-state index contributed by atoms with van der Waals surface area (Å²) in [5.41, 5.74) is 0. The molecule has 86 valence electrons. The molecule has 2 nitrogen and oxygen atoms in total. The lowest BCUT2D eigenvalue weighted by Crippen LogP contribution is -2.46. The van der Waals surface area contributed by atoms with Crippen LogP contribution in [0.3, 0.4) is 0 Å². The largest absolute Gasteiger partial charge is 0.313 e. The van der Waals surface area contributed by atoms with Crippen LogP contribution in [-0.4, -0.2) is 36.6 Å². The van der Waals surface area contributed by atoms with Gasteiger partial charge in [0, 0.05) is 18.6 Å². The molecule has 0 fully saturated rings. The van der Waals surface area contributed by atoms with E-state index >= 15 is 0 Å². The van der Waals surface area contributed by atoms with Crippen molar-refractivity contribution in [2.24, 2.45) is 5.92 Å². The van der Waals surface area contributed by atoms with E-state index < -0.39 is 0 Å². The van der Waals surface area contributed by atoms with Gasteiger partial charge in [-0.15, -0.1) is 0 Å². The molecular weight excluding hydrogens is 172 g/mol. The van der Waals surface area contributed by atoms with Crippen LogP contribution >= 0.6 is 0 Å². The molecule has 0 saturated heterocycles. The van der Waals surface area contributed by atoms with Crippen LogP contribution in [0.25, 0.3) is 0 Å². The van der Waals surface area contributed by atoms with Crippen molar-refractivity contribution < 1.29 is 0 Å². The first-order chi connectivity index (χ1) is 6.52. The molecule has 1 N–H and O–H groups in total. The summed E-state index contributed by atoms with van der Waals surface area (Å²) in [4.78, 5) is 2.54. The molecule has 0 aliphatic carbocycles. The molecule has 0 bridgehead atoms. The highest BCUT2D eigenvalue weighted by atomic mass is 15.2. The second-order valence-corrected chi connectivity index (χ2v) is 4.60. The Kier molecular flexibility index (Phi) is 7.20. The molecule has 0 saturated carbocycles. The maximum absolute atomic E-state index is 3.53. The van der Waals surface area contributed by atoms with Crippen LogP contribution in [0, 0.1) is 5.92 Å². The smallest absolute Gasteiger partial charge is 0.0243 e. The zero-order valence-corrected chi connectivity index (χ0v) is 10.8. The van der Waals surface area contributed by atoms with Crippen LogP contribution in [0.4, 0.5) is 0 Å². The van der Waals surface area contributed by atoms with Crippen molar-refractivity contribution in [3.8, 4) is 0 Å². The van der Waals surface area contributed by atoms with E-state index in [9.17, 15) is 0 Å². The van der Waals surface area contributed by atoms with Gasteiger partial charge in [-0.2, -0.15) is 0 Å². The van der Waals surface area contributed by atoms with Gasteiger partial charge >= 0.3 is 0 Å². The lowest BCUT2D eigenvalue weighted by Gasteiger charge is -2.33. The normalized spacial score (nSPS) is 14.4. The highest BCUT2D eigenvalue weighted by Crippen LogP contribution is 2.09. The molecule has 0 radical (unpaired) electrons. The van der Waals surface area contributed by atoms with E-state index in [1.54, 1.807) is 0 Å². The van der Waals surface area contributed by atoms with E-state index in [4.69, 9.17) is 0 Å². The van der Waals surface area contributed by atoms with Crippen molar-refractivity contribution in [1.82, 2.24) is 10.2 Å². The summed E-state index contributed by atoms with van der Waals surface area (Å²) in [6, 6.07) is 1.26. The minimum absolute atomic E-state index is 0.590. The molecule has 0 heterocycles. The Morgan fingerprint density at radius 2 is 1.50 bits per heavy atom. The minimum Gasteiger partial charge on any atom is -0.313 e. The fourth-order valence-corrected chi connectivity index (χ4v) is 1.84. The first-order valence-electron chi connectivity index (χ1n) is 6.00. The summed E-state index contributed by atoms with van der Waals surface area (Å²) in [6.45, 7) is 16.9. The van der Waals surface area contributed by atoms with Gasteiger partial charge in [-0.25, -0.2) is 0 Å². The monoisotopic (exact) mass is 200 g/mol. The first-order valence-corrected chi connectivity index (χ1v) is 6.00. The topological polar surface area (TPSA) is 15.3 Å². The molecule has 0 amide bonds. The van der Waals surface area contributed by atoms with Crippen LogP contribution in [0.2, 0.25) is 0 Å². The maximum atomic E-state index is 3.53. The Morgan fingerprint density at radius 1 is 1.00 bits per heavy atom. The zero-order valence-electron chi connectivity index (χ0n) is 10.8. The van der Waals surface area contributed by atoms with Crippen molar-refractivity contribution >= 4 is 0 Å². The minimum atomic E-state index is 0.590. The molecule has 0 aliphatic heterocycles. The van der Waals surface area contributed by atoms with Crippen molar-refractivity contribution in [3.63, 3.8) is 0 Å². The molecule has 14 heavy (non-hydrogen) atoms. The molecule has 0 aliphatic rings. The number of nitrogens with zero attached hydrogens (tertiary/aromatic N) is 1. The van der Waals surface area contributed by atoms with Crippen molar-refractivity contribution in [1.29, 1.82) is 0 Å². The standard InChI is InChI=1S/C12H28N2/c1-7-14(8-2)12(10(3)4)9-13-11(5)6/h10-13H,7-9H2,1-6H3. The highest BCUT2D eigenvalue weighted by molar-refractivity contribution is 4.76. The molecule has 1 atom stereocenters. The molecule has 0 spiro atoms. The van der Waals surface area contributed by atoms with Crippen LogP contribution in [-0.2, 0) is 0 Å². The Labute approximate surface area is 90.1 Å². The number of likely N-dealkylation sites (N-methyl/N-ethyl adjacent to an activating group) is 1. The average Bonchev–Trinajstić information content (AvgIpc) is 2.11. The predicted molar refractivity (Wildman–Crippen MR) is 64.7 cm³/mol. The fourth-order valence-electron chi connectivity index (χ4n) is 1.84. The van der Waals surface area contributed by atoms with Crippen LogP contribution in [0.1, 0.15) is 41.5 Å². The zero-order chi connectivity index (χ0) is 11.1. The highest BCUT2D eigenvalue weighted by Gasteiger charge is 2.18. The quantitative estimate of drug-likeness (QED) is 0.678. The van der Waals surface area contributed by atoms with Crippen LogP contribution in [0.15, 0.2) is 0 Å². The van der Waals surface area contributed by atoms with Gasteiger partial charge in [0.25, 0.3) is 0 Å². The Hall–Kier alpha value is -0.0800. The molecule has 0 aromatic rings. The van der Waals surface area contributed by atoms with E-state index in [0.29, 0.717) is 12.1 Å². The number of hydrogen-bond donors (Lipinski definition) is 1. The molecule has 0 aromatic heterocycles. The third-order valence-corrected chi connectivity index (χ3v) is 2.79. The van der Waals surface area contributed by atoms with Crippen LogP contribution in [0.5, 0.6) is 0 Å². The summed E-state index contributed by atoms with van der Waals surface area (Å²) in [7, 11) is 0. The average molecular weight is 200 g/mol. The molecular formula is C12H28N2. The van der Waals surface area contributed by atoms with Crippen molar-refractivity contribution in [2.45, 2.75) is 53.6 Å². The van der Waals surface area contributed by atoms with E-state index in [0.717, 1.165) is 25.6 Å². The van der Waals surface area contributed by atoms with Gasteiger partial charge in [-0.05, 0) is 19.0 Å².